The summed E-state index contributed by atoms with van der Waals surface area (Å²) in [6.45, 7) is 8.77. The van der Waals surface area contributed by atoms with Crippen LogP contribution in [-0.4, -0.2) is 4.57 Å². The monoisotopic (exact) mass is 334 g/mol. The van der Waals surface area contributed by atoms with Gasteiger partial charge in [0.25, 0.3) is 5.56 Å². The van der Waals surface area contributed by atoms with Gasteiger partial charge in [-0.15, -0.1) is 0 Å². The predicted octanol–water partition coefficient (Wildman–Crippen LogP) is 4.90. The Morgan fingerprint density at radius 1 is 1.24 bits per heavy atom. The molecule has 130 valence electrons. The average molecular weight is 334 g/mol. The zero-order chi connectivity index (χ0) is 18.0. The van der Waals surface area contributed by atoms with Gasteiger partial charge in [-0.25, -0.2) is 0 Å². The molecule has 0 spiro atoms. The van der Waals surface area contributed by atoms with Gasteiger partial charge in [-0.2, -0.15) is 0 Å². The van der Waals surface area contributed by atoms with Gasteiger partial charge < -0.3 is 5.32 Å². The van der Waals surface area contributed by atoms with Gasteiger partial charge in [0.05, 0.1) is 11.9 Å². The molecule has 0 bridgehead atoms. The van der Waals surface area contributed by atoms with E-state index in [0.717, 1.165) is 46.3 Å². The Morgan fingerprint density at radius 3 is 2.72 bits per heavy atom. The minimum Gasteiger partial charge on any atom is -0.383 e. The highest BCUT2D eigenvalue weighted by Crippen LogP contribution is 2.25. The molecule has 0 unspecified atom stereocenters. The van der Waals surface area contributed by atoms with Crippen molar-refractivity contribution < 1.29 is 0 Å². The molecule has 1 aliphatic carbocycles. The van der Waals surface area contributed by atoms with E-state index in [-0.39, 0.29) is 5.56 Å². The van der Waals surface area contributed by atoms with Gasteiger partial charge in [0, 0.05) is 17.1 Å². The van der Waals surface area contributed by atoms with Crippen molar-refractivity contribution in [3.63, 3.8) is 0 Å². The Kier molecular flexibility index (Phi) is 4.93. The number of nitrogens with one attached hydrogen (secondary N) is 1. The van der Waals surface area contributed by atoms with Crippen LogP contribution in [0.15, 0.2) is 58.6 Å². The van der Waals surface area contributed by atoms with E-state index in [0.29, 0.717) is 6.54 Å². The SMILES string of the molecule is C/C=C(/C)NCc1cc2cccc(C)c2c(=O)n1C1=CCCC=C1C. The maximum atomic E-state index is 13.4. The summed E-state index contributed by atoms with van der Waals surface area (Å²) in [5, 5.41) is 5.23. The highest BCUT2D eigenvalue weighted by molar-refractivity contribution is 5.86. The molecule has 25 heavy (non-hydrogen) atoms. The van der Waals surface area contributed by atoms with Crippen LogP contribution in [0.1, 0.15) is 44.9 Å². The standard InChI is InChI=1S/C22H26N2O/c1-5-17(4)23-14-19-13-18-11-8-10-16(3)21(18)22(25)24(19)20-12-7-6-9-15(20)2/h5,8-13,23H,6-7,14H2,1-4H3/b17-5-. The smallest absolute Gasteiger partial charge is 0.263 e. The maximum Gasteiger partial charge on any atom is 0.263 e. The van der Waals surface area contributed by atoms with Crippen LogP contribution in [0.3, 0.4) is 0 Å². The van der Waals surface area contributed by atoms with Crippen LogP contribution in [0, 0.1) is 6.92 Å². The van der Waals surface area contributed by atoms with Gasteiger partial charge >= 0.3 is 0 Å². The summed E-state index contributed by atoms with van der Waals surface area (Å²) in [7, 11) is 0. The highest BCUT2D eigenvalue weighted by atomic mass is 16.1. The van der Waals surface area contributed by atoms with E-state index < -0.39 is 0 Å². The molecule has 3 heteroatoms. The molecule has 1 aromatic heterocycles. The van der Waals surface area contributed by atoms with Gasteiger partial charge in [0.1, 0.15) is 0 Å². The topological polar surface area (TPSA) is 34.0 Å². The molecule has 1 N–H and O–H groups in total. The summed E-state index contributed by atoms with van der Waals surface area (Å²) >= 11 is 0. The molecule has 0 aliphatic heterocycles. The van der Waals surface area contributed by atoms with Crippen molar-refractivity contribution in [2.75, 3.05) is 0 Å². The third kappa shape index (κ3) is 3.32. The summed E-state index contributed by atoms with van der Waals surface area (Å²) < 4.78 is 1.90. The third-order valence-corrected chi connectivity index (χ3v) is 4.91. The summed E-state index contributed by atoms with van der Waals surface area (Å²) in [5.41, 5.74) is 5.39. The van der Waals surface area contributed by atoms with Crippen molar-refractivity contribution in [1.82, 2.24) is 9.88 Å². The van der Waals surface area contributed by atoms with Gasteiger partial charge in [-0.1, -0.05) is 36.4 Å². The lowest BCUT2D eigenvalue weighted by molar-refractivity contribution is 0.751. The Balaban J connectivity index is 2.25. The molecule has 1 heterocycles. The normalized spacial score (nSPS) is 15.1. The summed E-state index contributed by atoms with van der Waals surface area (Å²) in [4.78, 5) is 13.4. The van der Waals surface area contributed by atoms with Crippen LogP contribution in [0.5, 0.6) is 0 Å². The summed E-state index contributed by atoms with van der Waals surface area (Å²) in [5.74, 6) is 0. The van der Waals surface area contributed by atoms with Crippen LogP contribution in [0.2, 0.25) is 0 Å². The molecular weight excluding hydrogens is 308 g/mol. The number of benzene rings is 1. The molecular formula is C22H26N2O. The van der Waals surface area contributed by atoms with Gasteiger partial charge in [0.15, 0.2) is 0 Å². The molecule has 0 amide bonds. The van der Waals surface area contributed by atoms with E-state index in [2.05, 4.69) is 30.5 Å². The molecule has 0 saturated heterocycles. The molecule has 1 aromatic carbocycles. The van der Waals surface area contributed by atoms with Crippen molar-refractivity contribution in [2.45, 2.75) is 47.1 Å². The largest absolute Gasteiger partial charge is 0.383 e. The van der Waals surface area contributed by atoms with E-state index >= 15 is 0 Å². The van der Waals surface area contributed by atoms with Crippen molar-refractivity contribution in [2.24, 2.45) is 0 Å². The summed E-state index contributed by atoms with van der Waals surface area (Å²) in [6.07, 6.45) is 8.47. The molecule has 0 radical (unpaired) electrons. The van der Waals surface area contributed by atoms with Crippen LogP contribution < -0.4 is 10.9 Å². The molecule has 0 saturated carbocycles. The molecule has 3 rings (SSSR count). The van der Waals surface area contributed by atoms with E-state index in [1.54, 1.807) is 0 Å². The Labute approximate surface area is 149 Å². The number of nitrogens with zero attached hydrogens (tertiary/aromatic N) is 1. The van der Waals surface area contributed by atoms with Crippen molar-refractivity contribution >= 4 is 16.5 Å². The van der Waals surface area contributed by atoms with E-state index in [1.807, 2.05) is 49.6 Å². The summed E-state index contributed by atoms with van der Waals surface area (Å²) in [6, 6.07) is 8.19. The number of fused-ring (bicyclic) bond motifs is 1. The Hall–Kier alpha value is -2.55. The third-order valence-electron chi connectivity index (χ3n) is 4.91. The van der Waals surface area contributed by atoms with E-state index in [4.69, 9.17) is 0 Å². The lowest BCUT2D eigenvalue weighted by Crippen LogP contribution is -2.27. The Morgan fingerprint density at radius 2 is 2.00 bits per heavy atom. The number of aryl methyl sites for hydroxylation is 1. The van der Waals surface area contributed by atoms with Crippen LogP contribution in [0.4, 0.5) is 0 Å². The first-order valence-corrected chi connectivity index (χ1v) is 8.91. The fourth-order valence-electron chi connectivity index (χ4n) is 3.37. The second kappa shape index (κ2) is 7.14. The predicted molar refractivity (Wildman–Crippen MR) is 106 cm³/mol. The molecule has 0 atom stereocenters. The zero-order valence-electron chi connectivity index (χ0n) is 15.5. The first-order chi connectivity index (χ1) is 12.0. The lowest BCUT2D eigenvalue weighted by atomic mass is 10.0. The highest BCUT2D eigenvalue weighted by Gasteiger charge is 2.16. The van der Waals surface area contributed by atoms with Gasteiger partial charge in [-0.05, 0) is 63.1 Å². The number of hydrogen-bond acceptors (Lipinski definition) is 2. The number of aromatic nitrogens is 1. The van der Waals surface area contributed by atoms with Crippen LogP contribution in [-0.2, 0) is 6.54 Å². The number of pyridine rings is 1. The van der Waals surface area contributed by atoms with Crippen molar-refractivity contribution in [1.29, 1.82) is 0 Å². The number of allylic oxidation sites excluding steroid dienone is 6. The average Bonchev–Trinajstić information content (AvgIpc) is 2.60. The number of hydrogen-bond donors (Lipinski definition) is 1. The molecule has 1 aliphatic rings. The first kappa shape index (κ1) is 17.3. The number of rotatable bonds is 4. The fourth-order valence-corrected chi connectivity index (χ4v) is 3.37. The minimum atomic E-state index is 0.0754. The van der Waals surface area contributed by atoms with Crippen molar-refractivity contribution in [3.8, 4) is 0 Å². The fraction of sp³-hybridized carbons (Fsp3) is 0.318. The molecule has 3 nitrogen and oxygen atoms in total. The zero-order valence-corrected chi connectivity index (χ0v) is 15.5. The maximum absolute atomic E-state index is 13.4. The lowest BCUT2D eigenvalue weighted by Gasteiger charge is -2.21. The first-order valence-electron chi connectivity index (χ1n) is 8.91. The molecule has 0 fully saturated rings. The van der Waals surface area contributed by atoms with Gasteiger partial charge in [0.2, 0.25) is 0 Å². The van der Waals surface area contributed by atoms with E-state index in [1.165, 1.54) is 5.57 Å². The van der Waals surface area contributed by atoms with Crippen LogP contribution >= 0.6 is 0 Å². The second-order valence-electron chi connectivity index (χ2n) is 6.69. The van der Waals surface area contributed by atoms with Gasteiger partial charge in [-0.3, -0.25) is 9.36 Å². The Bertz CT molecular complexity index is 958. The van der Waals surface area contributed by atoms with Crippen molar-refractivity contribution in [3.05, 3.63) is 75.4 Å². The molecule has 2 aromatic rings. The second-order valence-corrected chi connectivity index (χ2v) is 6.69. The van der Waals surface area contributed by atoms with E-state index in [9.17, 15) is 4.79 Å². The quantitative estimate of drug-likeness (QED) is 0.862. The van der Waals surface area contributed by atoms with Crippen LogP contribution in [0.25, 0.3) is 16.5 Å². The minimum absolute atomic E-state index is 0.0754.